The normalized spacial score (nSPS) is 11.3. The highest BCUT2D eigenvalue weighted by Gasteiger charge is 2.23. The van der Waals surface area contributed by atoms with Crippen LogP contribution in [0.5, 0.6) is 5.75 Å². The van der Waals surface area contributed by atoms with E-state index in [4.69, 9.17) is 4.74 Å². The maximum Gasteiger partial charge on any atom is 0.201 e. The molecule has 226 valence electrons. The summed E-state index contributed by atoms with van der Waals surface area (Å²) in [6.45, 7) is 5.43. The van der Waals surface area contributed by atoms with Crippen molar-refractivity contribution in [3.8, 4) is 39.1 Å². The highest BCUT2D eigenvalue weighted by molar-refractivity contribution is 5.90. The molecule has 0 aliphatic heterocycles. The number of benzene rings is 5. The molecule has 1 nitrogen and oxygen atoms in total. The maximum atomic E-state index is 15.6. The Kier molecular flexibility index (Phi) is 9.09. The fourth-order valence-corrected chi connectivity index (χ4v) is 5.22. The van der Waals surface area contributed by atoms with E-state index in [9.17, 15) is 13.2 Å². The van der Waals surface area contributed by atoms with Gasteiger partial charge >= 0.3 is 0 Å². The van der Waals surface area contributed by atoms with E-state index in [0.29, 0.717) is 12.8 Å². The van der Waals surface area contributed by atoms with Gasteiger partial charge in [-0.3, -0.25) is 0 Å². The lowest BCUT2D eigenvalue weighted by atomic mass is 9.94. The molecule has 0 aliphatic rings. The van der Waals surface area contributed by atoms with E-state index < -0.39 is 57.2 Å². The summed E-state index contributed by atoms with van der Waals surface area (Å²) in [7, 11) is 0. The summed E-state index contributed by atoms with van der Waals surface area (Å²) in [4.78, 5) is 0. The van der Waals surface area contributed by atoms with Gasteiger partial charge in [-0.05, 0) is 53.1 Å². The fraction of sp³-hybridized carbons (Fsp3) is 0.167. The molecule has 0 radical (unpaired) electrons. The van der Waals surface area contributed by atoms with Crippen LogP contribution in [0.4, 0.5) is 30.7 Å². The third-order valence-electron chi connectivity index (χ3n) is 7.53. The molecule has 0 unspecified atom stereocenters. The second kappa shape index (κ2) is 13.0. The quantitative estimate of drug-likeness (QED) is 0.0871. The van der Waals surface area contributed by atoms with Crippen LogP contribution in [0.2, 0.25) is 0 Å². The molecule has 44 heavy (non-hydrogen) atoms. The summed E-state index contributed by atoms with van der Waals surface area (Å²) in [5.41, 5.74) is -0.509. The zero-order valence-electron chi connectivity index (χ0n) is 23.7. The standard InChI is InChI=1S/C36H27F7O/c1-3-5-6-7-23-19-22-12-13-26(31(38)29(22)36(43)30(23)37)27-15-14-24(32(39)34(27)41)20-8-10-21(11-9-20)25-16-17-28(44-18-4-2)35(42)33(25)40/h4,8-17,19H,2-3,5-7,18H2,1H3. The fourth-order valence-electron chi connectivity index (χ4n) is 5.22. The van der Waals surface area contributed by atoms with Crippen LogP contribution >= 0.6 is 0 Å². The van der Waals surface area contributed by atoms with E-state index >= 15 is 17.6 Å². The van der Waals surface area contributed by atoms with Crippen molar-refractivity contribution >= 4 is 10.8 Å². The molecule has 0 bridgehead atoms. The van der Waals surface area contributed by atoms with Crippen LogP contribution in [-0.4, -0.2) is 6.61 Å². The van der Waals surface area contributed by atoms with Gasteiger partial charge in [0.1, 0.15) is 12.4 Å². The Bertz CT molecular complexity index is 1860. The molecule has 0 spiro atoms. The lowest BCUT2D eigenvalue weighted by Crippen LogP contribution is -2.01. The van der Waals surface area contributed by atoms with Crippen molar-refractivity contribution in [2.24, 2.45) is 0 Å². The monoisotopic (exact) mass is 608 g/mol. The van der Waals surface area contributed by atoms with Gasteiger partial charge in [0.2, 0.25) is 5.82 Å². The average molecular weight is 609 g/mol. The SMILES string of the molecule is C=CCOc1ccc(-c2ccc(-c3ccc(-c4ccc5cc(CCCCC)c(F)c(F)c5c4F)c(F)c3F)cc2)c(F)c1F. The van der Waals surface area contributed by atoms with Crippen LogP contribution in [0.25, 0.3) is 44.2 Å². The minimum Gasteiger partial charge on any atom is -0.486 e. The van der Waals surface area contributed by atoms with Crippen molar-refractivity contribution in [2.45, 2.75) is 32.6 Å². The molecular formula is C36H27F7O. The van der Waals surface area contributed by atoms with E-state index in [1.807, 2.05) is 6.92 Å². The number of unbranched alkanes of at least 4 members (excludes halogenated alkanes) is 2. The Morgan fingerprint density at radius 1 is 0.591 bits per heavy atom. The predicted molar refractivity (Wildman–Crippen MR) is 159 cm³/mol. The van der Waals surface area contributed by atoms with Crippen molar-refractivity contribution in [1.82, 2.24) is 0 Å². The number of aryl methyl sites for hydroxylation is 1. The molecule has 0 heterocycles. The minimum absolute atomic E-state index is 0.00566. The second-order valence-corrected chi connectivity index (χ2v) is 10.4. The molecule has 0 saturated heterocycles. The van der Waals surface area contributed by atoms with Crippen LogP contribution in [0.15, 0.2) is 79.4 Å². The number of halogens is 7. The number of hydrogen-bond acceptors (Lipinski definition) is 1. The molecule has 0 amide bonds. The third-order valence-corrected chi connectivity index (χ3v) is 7.53. The summed E-state index contributed by atoms with van der Waals surface area (Å²) >= 11 is 0. The molecule has 5 aromatic rings. The van der Waals surface area contributed by atoms with E-state index in [1.165, 1.54) is 66.7 Å². The molecule has 0 aromatic heterocycles. The van der Waals surface area contributed by atoms with Crippen LogP contribution in [0.3, 0.4) is 0 Å². The average Bonchev–Trinajstić information content (AvgIpc) is 3.02. The van der Waals surface area contributed by atoms with Crippen molar-refractivity contribution in [3.63, 3.8) is 0 Å². The Labute approximate surface area is 250 Å². The first kappa shape index (κ1) is 30.9. The summed E-state index contributed by atoms with van der Waals surface area (Å²) < 4.78 is 110. The van der Waals surface area contributed by atoms with Crippen molar-refractivity contribution < 1.29 is 35.5 Å². The van der Waals surface area contributed by atoms with Gasteiger partial charge in [0.15, 0.2) is 34.8 Å². The first-order valence-electron chi connectivity index (χ1n) is 14.1. The van der Waals surface area contributed by atoms with Gasteiger partial charge in [0.05, 0.1) is 5.39 Å². The minimum atomic E-state index is -1.38. The number of hydrogen-bond donors (Lipinski definition) is 0. The lowest BCUT2D eigenvalue weighted by Gasteiger charge is -2.14. The molecule has 5 aromatic carbocycles. The van der Waals surface area contributed by atoms with Gasteiger partial charge in [-0.15, -0.1) is 0 Å². The zero-order valence-corrected chi connectivity index (χ0v) is 23.7. The van der Waals surface area contributed by atoms with Crippen molar-refractivity contribution in [1.29, 1.82) is 0 Å². The first-order valence-corrected chi connectivity index (χ1v) is 14.1. The Balaban J connectivity index is 1.47. The summed E-state index contributed by atoms with van der Waals surface area (Å²) in [6.07, 6.45) is 4.05. The second-order valence-electron chi connectivity index (χ2n) is 10.4. The largest absolute Gasteiger partial charge is 0.486 e. The van der Waals surface area contributed by atoms with Gasteiger partial charge in [0.25, 0.3) is 0 Å². The number of ether oxygens (including phenoxy) is 1. The Morgan fingerprint density at radius 2 is 1.14 bits per heavy atom. The van der Waals surface area contributed by atoms with Crippen molar-refractivity contribution in [3.05, 3.63) is 126 Å². The van der Waals surface area contributed by atoms with Gasteiger partial charge in [0, 0.05) is 22.3 Å². The van der Waals surface area contributed by atoms with Crippen LogP contribution < -0.4 is 4.74 Å². The molecule has 0 fully saturated rings. The van der Waals surface area contributed by atoms with Gasteiger partial charge in [-0.1, -0.05) is 81.0 Å². The van der Waals surface area contributed by atoms with E-state index in [2.05, 4.69) is 6.58 Å². The molecule has 5 rings (SSSR count). The molecule has 0 aliphatic carbocycles. The Morgan fingerprint density at radius 3 is 1.77 bits per heavy atom. The van der Waals surface area contributed by atoms with Gasteiger partial charge < -0.3 is 4.74 Å². The maximum absolute atomic E-state index is 15.6. The molecule has 0 saturated carbocycles. The molecule has 0 N–H and O–H groups in total. The van der Waals surface area contributed by atoms with Crippen LogP contribution in [0.1, 0.15) is 31.7 Å². The highest BCUT2D eigenvalue weighted by Crippen LogP contribution is 2.38. The zero-order chi connectivity index (χ0) is 31.5. The molecule has 8 heteroatoms. The van der Waals surface area contributed by atoms with Crippen LogP contribution in [0, 0.1) is 40.7 Å². The topological polar surface area (TPSA) is 9.23 Å². The first-order chi connectivity index (χ1) is 21.2. The van der Waals surface area contributed by atoms with E-state index in [0.717, 1.165) is 18.9 Å². The van der Waals surface area contributed by atoms with Gasteiger partial charge in [-0.25, -0.2) is 26.3 Å². The van der Waals surface area contributed by atoms with E-state index in [-0.39, 0.29) is 45.6 Å². The summed E-state index contributed by atoms with van der Waals surface area (Å²) in [6, 6.07) is 14.6. The smallest absolute Gasteiger partial charge is 0.201 e. The highest BCUT2D eigenvalue weighted by atomic mass is 19.2. The summed E-state index contributed by atoms with van der Waals surface area (Å²) in [5.74, 6) is -9.00. The van der Waals surface area contributed by atoms with Gasteiger partial charge in [-0.2, -0.15) is 4.39 Å². The number of fused-ring (bicyclic) bond motifs is 1. The van der Waals surface area contributed by atoms with Crippen molar-refractivity contribution in [2.75, 3.05) is 6.61 Å². The third kappa shape index (κ3) is 5.68. The summed E-state index contributed by atoms with van der Waals surface area (Å²) in [5, 5.41) is -0.521. The molecular weight excluding hydrogens is 581 g/mol. The Hall–Kier alpha value is -4.59. The predicted octanol–water partition coefficient (Wildman–Crippen LogP) is 11.1. The molecule has 0 atom stereocenters. The lowest BCUT2D eigenvalue weighted by molar-refractivity contribution is 0.333. The van der Waals surface area contributed by atoms with Crippen LogP contribution in [-0.2, 0) is 6.42 Å². The van der Waals surface area contributed by atoms with E-state index in [1.54, 1.807) is 0 Å². The number of rotatable bonds is 10.